The Hall–Kier alpha value is -3.51. The van der Waals surface area contributed by atoms with Gasteiger partial charge >= 0.3 is 5.97 Å². The molecule has 2 N–H and O–H groups in total. The fourth-order valence-electron chi connectivity index (χ4n) is 3.81. The number of rotatable bonds is 7. The average molecular weight is 466 g/mol. The molecule has 0 atom stereocenters. The first-order chi connectivity index (χ1) is 15.8. The summed E-state index contributed by atoms with van der Waals surface area (Å²) >= 11 is 6.32. The molecule has 1 aliphatic heterocycles. The lowest BCUT2D eigenvalue weighted by atomic mass is 9.97. The molecule has 4 rings (SSSR count). The second-order valence-electron chi connectivity index (χ2n) is 8.10. The molecular formula is C26H24ClNO5. The van der Waals surface area contributed by atoms with Crippen LogP contribution in [0.15, 0.2) is 54.6 Å². The van der Waals surface area contributed by atoms with Gasteiger partial charge in [0.05, 0.1) is 28.9 Å². The van der Waals surface area contributed by atoms with Crippen molar-refractivity contribution in [2.45, 2.75) is 32.9 Å². The largest absolute Gasteiger partial charge is 0.493 e. The van der Waals surface area contributed by atoms with Crippen LogP contribution < -0.4 is 14.8 Å². The summed E-state index contributed by atoms with van der Waals surface area (Å²) in [6, 6.07) is 15.7. The number of nitrogens with one attached hydrogen (secondary N) is 1. The Morgan fingerprint density at radius 3 is 2.67 bits per heavy atom. The van der Waals surface area contributed by atoms with Crippen molar-refractivity contribution in [1.82, 2.24) is 5.32 Å². The maximum atomic E-state index is 12.8. The SMILES string of the molecule is CC(C)Oc1ccc(C(=O)NCc2cc(-c3cccc(C(=O)O)c3)cc3c2OCC3)c(Cl)c1. The van der Waals surface area contributed by atoms with Crippen LogP contribution in [0.1, 0.15) is 45.7 Å². The van der Waals surface area contributed by atoms with E-state index in [9.17, 15) is 14.7 Å². The molecule has 1 amide bonds. The number of aromatic carboxylic acids is 1. The van der Waals surface area contributed by atoms with E-state index in [-0.39, 0.29) is 24.1 Å². The van der Waals surface area contributed by atoms with Crippen LogP contribution in [0.5, 0.6) is 11.5 Å². The third kappa shape index (κ3) is 5.12. The van der Waals surface area contributed by atoms with Crippen LogP contribution in [-0.4, -0.2) is 29.7 Å². The second-order valence-corrected chi connectivity index (χ2v) is 8.51. The summed E-state index contributed by atoms with van der Waals surface area (Å²) in [5, 5.41) is 12.5. The Labute approximate surface area is 197 Å². The van der Waals surface area contributed by atoms with E-state index in [4.69, 9.17) is 21.1 Å². The molecule has 3 aromatic rings. The standard InChI is InChI=1S/C26H24ClNO5/c1-15(2)33-21-6-7-22(23(27)13-21)25(29)28-14-20-12-19(11-17-8-9-32-24(17)20)16-4-3-5-18(10-16)26(30)31/h3-7,10-13,15H,8-9,14H2,1-2H3,(H,28,29)(H,30,31). The van der Waals surface area contributed by atoms with Gasteiger partial charge in [-0.3, -0.25) is 4.79 Å². The van der Waals surface area contributed by atoms with E-state index in [0.717, 1.165) is 34.4 Å². The Kier molecular flexibility index (Phi) is 6.56. The molecular weight excluding hydrogens is 442 g/mol. The Morgan fingerprint density at radius 2 is 1.94 bits per heavy atom. The first-order valence-electron chi connectivity index (χ1n) is 10.7. The third-order valence-corrected chi connectivity index (χ3v) is 5.61. The van der Waals surface area contributed by atoms with Crippen LogP contribution in [-0.2, 0) is 13.0 Å². The van der Waals surface area contributed by atoms with Gasteiger partial charge in [0.2, 0.25) is 0 Å². The van der Waals surface area contributed by atoms with E-state index >= 15 is 0 Å². The monoisotopic (exact) mass is 465 g/mol. The minimum absolute atomic E-state index is 0.00584. The fraction of sp³-hybridized carbons (Fsp3) is 0.231. The first-order valence-corrected chi connectivity index (χ1v) is 11.1. The Balaban J connectivity index is 1.57. The van der Waals surface area contributed by atoms with Crippen LogP contribution in [0.4, 0.5) is 0 Å². The molecule has 3 aromatic carbocycles. The van der Waals surface area contributed by atoms with E-state index in [1.807, 2.05) is 32.0 Å². The number of ether oxygens (including phenoxy) is 2. The zero-order chi connectivity index (χ0) is 23.5. The summed E-state index contributed by atoms with van der Waals surface area (Å²) in [6.07, 6.45) is 0.762. The Bertz CT molecular complexity index is 1220. The van der Waals surface area contributed by atoms with Crippen LogP contribution in [0.2, 0.25) is 5.02 Å². The predicted octanol–water partition coefficient (Wildman–Crippen LogP) is 5.36. The van der Waals surface area contributed by atoms with E-state index in [1.54, 1.807) is 36.4 Å². The number of halogens is 1. The summed E-state index contributed by atoms with van der Waals surface area (Å²) in [7, 11) is 0. The maximum Gasteiger partial charge on any atom is 0.335 e. The number of carboxylic acid groups (broad SMARTS) is 1. The molecule has 0 saturated carbocycles. The molecule has 0 spiro atoms. The summed E-state index contributed by atoms with van der Waals surface area (Å²) in [5.41, 5.74) is 4.10. The molecule has 1 aliphatic rings. The van der Waals surface area contributed by atoms with Crippen molar-refractivity contribution < 1.29 is 24.2 Å². The first kappa shape index (κ1) is 22.7. The van der Waals surface area contributed by atoms with Gasteiger partial charge in [-0.25, -0.2) is 4.79 Å². The van der Waals surface area contributed by atoms with Crippen molar-refractivity contribution in [1.29, 1.82) is 0 Å². The van der Waals surface area contributed by atoms with Crippen molar-refractivity contribution in [3.05, 3.63) is 81.9 Å². The van der Waals surface area contributed by atoms with E-state index < -0.39 is 5.97 Å². The lowest BCUT2D eigenvalue weighted by Gasteiger charge is -2.14. The molecule has 1 heterocycles. The summed E-state index contributed by atoms with van der Waals surface area (Å²) < 4.78 is 11.4. The molecule has 170 valence electrons. The van der Waals surface area contributed by atoms with Gasteiger partial charge in [-0.2, -0.15) is 0 Å². The number of fused-ring (bicyclic) bond motifs is 1. The van der Waals surface area contributed by atoms with E-state index in [1.165, 1.54) is 0 Å². The lowest BCUT2D eigenvalue weighted by molar-refractivity contribution is 0.0696. The number of benzene rings is 3. The molecule has 0 aromatic heterocycles. The van der Waals surface area contributed by atoms with Crippen LogP contribution in [0.3, 0.4) is 0 Å². The molecule has 0 bridgehead atoms. The van der Waals surface area contributed by atoms with Crippen molar-refractivity contribution in [3.63, 3.8) is 0 Å². The topological polar surface area (TPSA) is 84.9 Å². The highest BCUT2D eigenvalue weighted by molar-refractivity contribution is 6.34. The van der Waals surface area contributed by atoms with Gasteiger partial charge in [-0.05, 0) is 73.0 Å². The van der Waals surface area contributed by atoms with Crippen LogP contribution >= 0.6 is 11.6 Å². The highest BCUT2D eigenvalue weighted by atomic mass is 35.5. The molecule has 0 unspecified atom stereocenters. The van der Waals surface area contributed by atoms with E-state index in [0.29, 0.717) is 22.9 Å². The highest BCUT2D eigenvalue weighted by Gasteiger charge is 2.20. The zero-order valence-corrected chi connectivity index (χ0v) is 19.1. The van der Waals surface area contributed by atoms with Crippen molar-refractivity contribution in [3.8, 4) is 22.6 Å². The maximum absolute atomic E-state index is 12.8. The van der Waals surface area contributed by atoms with Crippen molar-refractivity contribution in [2.75, 3.05) is 6.61 Å². The lowest BCUT2D eigenvalue weighted by Crippen LogP contribution is -2.23. The van der Waals surface area contributed by atoms with Gasteiger partial charge < -0.3 is 19.9 Å². The zero-order valence-electron chi connectivity index (χ0n) is 18.4. The third-order valence-electron chi connectivity index (χ3n) is 5.30. The van der Waals surface area contributed by atoms with Crippen molar-refractivity contribution >= 4 is 23.5 Å². The van der Waals surface area contributed by atoms with Gasteiger partial charge in [0.15, 0.2) is 0 Å². The summed E-state index contributed by atoms with van der Waals surface area (Å²) in [4.78, 5) is 24.2. The van der Waals surface area contributed by atoms with Gasteiger partial charge in [0.1, 0.15) is 11.5 Å². The smallest absolute Gasteiger partial charge is 0.335 e. The molecule has 0 radical (unpaired) electrons. The number of carbonyl (C=O) groups is 2. The molecule has 6 nitrogen and oxygen atoms in total. The number of hydrogen-bond acceptors (Lipinski definition) is 4. The van der Waals surface area contributed by atoms with Crippen molar-refractivity contribution in [2.24, 2.45) is 0 Å². The number of carboxylic acids is 1. The van der Waals surface area contributed by atoms with Gasteiger partial charge in [-0.15, -0.1) is 0 Å². The van der Waals surface area contributed by atoms with Gasteiger partial charge in [0, 0.05) is 18.5 Å². The van der Waals surface area contributed by atoms with Gasteiger partial charge in [-0.1, -0.05) is 23.7 Å². The molecule has 7 heteroatoms. The number of carbonyl (C=O) groups excluding carboxylic acids is 1. The minimum atomic E-state index is -0.976. The highest BCUT2D eigenvalue weighted by Crippen LogP contribution is 2.35. The van der Waals surface area contributed by atoms with Gasteiger partial charge in [0.25, 0.3) is 5.91 Å². The summed E-state index contributed by atoms with van der Waals surface area (Å²) in [6.45, 7) is 4.65. The quantitative estimate of drug-likeness (QED) is 0.490. The molecule has 0 aliphatic carbocycles. The number of hydrogen-bond donors (Lipinski definition) is 2. The number of amides is 1. The minimum Gasteiger partial charge on any atom is -0.493 e. The average Bonchev–Trinajstić information content (AvgIpc) is 3.26. The van der Waals surface area contributed by atoms with Crippen LogP contribution in [0.25, 0.3) is 11.1 Å². The summed E-state index contributed by atoms with van der Waals surface area (Å²) in [5.74, 6) is 0.0888. The molecule has 0 fully saturated rings. The Morgan fingerprint density at radius 1 is 1.12 bits per heavy atom. The van der Waals surface area contributed by atoms with Crippen LogP contribution in [0, 0.1) is 0 Å². The van der Waals surface area contributed by atoms with E-state index in [2.05, 4.69) is 5.32 Å². The fourth-order valence-corrected chi connectivity index (χ4v) is 4.07. The second kappa shape index (κ2) is 9.55. The normalized spacial score (nSPS) is 12.2. The predicted molar refractivity (Wildman–Crippen MR) is 126 cm³/mol. The molecule has 33 heavy (non-hydrogen) atoms. The molecule has 0 saturated heterocycles.